The van der Waals surface area contributed by atoms with Gasteiger partial charge in [-0.3, -0.25) is 9.78 Å². The summed E-state index contributed by atoms with van der Waals surface area (Å²) in [6, 6.07) is 9.14. The normalized spacial score (nSPS) is 11.9. The lowest BCUT2D eigenvalue weighted by Gasteiger charge is -2.13. The van der Waals surface area contributed by atoms with E-state index >= 15 is 0 Å². The van der Waals surface area contributed by atoms with Gasteiger partial charge in [-0.05, 0) is 42.8 Å². The van der Waals surface area contributed by atoms with Crippen molar-refractivity contribution in [3.8, 4) is 11.3 Å². The smallest absolute Gasteiger partial charge is 0.274 e. The largest absolute Gasteiger partial charge is 0.443 e. The number of amides is 1. The van der Waals surface area contributed by atoms with Gasteiger partial charge < -0.3 is 9.73 Å². The predicted molar refractivity (Wildman–Crippen MR) is 82.0 cm³/mol. The summed E-state index contributed by atoms with van der Waals surface area (Å²) in [6.45, 7) is 1.85. The fourth-order valence-electron chi connectivity index (χ4n) is 2.19. The summed E-state index contributed by atoms with van der Waals surface area (Å²) in [7, 11) is 0. The summed E-state index contributed by atoms with van der Waals surface area (Å²) in [5, 5.41) is 2.84. The van der Waals surface area contributed by atoms with E-state index in [1.54, 1.807) is 18.5 Å². The Labute approximate surface area is 132 Å². The highest BCUT2D eigenvalue weighted by molar-refractivity contribution is 5.97. The number of hydrogen-bond acceptors (Lipinski definition) is 4. The molecule has 0 aliphatic carbocycles. The topological polar surface area (TPSA) is 68.0 Å². The molecule has 0 saturated carbocycles. The number of pyridine rings is 1. The van der Waals surface area contributed by atoms with E-state index in [0.717, 1.165) is 5.56 Å². The summed E-state index contributed by atoms with van der Waals surface area (Å²) in [5.74, 6) is -0.417. The van der Waals surface area contributed by atoms with E-state index in [-0.39, 0.29) is 23.5 Å². The van der Waals surface area contributed by atoms with Crippen molar-refractivity contribution in [3.05, 3.63) is 72.3 Å². The van der Waals surface area contributed by atoms with Gasteiger partial charge >= 0.3 is 0 Å². The van der Waals surface area contributed by atoms with Gasteiger partial charge in [0, 0.05) is 18.0 Å². The van der Waals surface area contributed by atoms with Crippen LogP contribution in [0.15, 0.2) is 59.6 Å². The molecule has 3 rings (SSSR count). The number of hydrogen-bond donors (Lipinski definition) is 1. The number of benzene rings is 1. The lowest BCUT2D eigenvalue weighted by molar-refractivity contribution is 0.0935. The third-order valence-corrected chi connectivity index (χ3v) is 3.42. The van der Waals surface area contributed by atoms with E-state index in [1.807, 2.05) is 13.0 Å². The van der Waals surface area contributed by atoms with Gasteiger partial charge in [0.1, 0.15) is 5.82 Å². The number of rotatable bonds is 4. The molecule has 0 radical (unpaired) electrons. The van der Waals surface area contributed by atoms with Crippen molar-refractivity contribution in [1.29, 1.82) is 0 Å². The molecular weight excluding hydrogens is 297 g/mol. The molecule has 23 heavy (non-hydrogen) atoms. The van der Waals surface area contributed by atoms with Crippen molar-refractivity contribution in [2.75, 3.05) is 0 Å². The zero-order chi connectivity index (χ0) is 16.2. The summed E-state index contributed by atoms with van der Waals surface area (Å²) in [5.41, 5.74) is 1.63. The Kier molecular flexibility index (Phi) is 4.14. The Morgan fingerprint density at radius 1 is 1.26 bits per heavy atom. The number of nitrogens with one attached hydrogen (secondary N) is 1. The second kappa shape index (κ2) is 6.39. The molecule has 0 aliphatic rings. The second-order valence-corrected chi connectivity index (χ2v) is 5.02. The van der Waals surface area contributed by atoms with Gasteiger partial charge in [0.2, 0.25) is 0 Å². The first kappa shape index (κ1) is 14.9. The van der Waals surface area contributed by atoms with Crippen LogP contribution in [0.4, 0.5) is 4.39 Å². The van der Waals surface area contributed by atoms with Crippen LogP contribution in [0.3, 0.4) is 0 Å². The number of oxazole rings is 1. The number of carbonyl (C=O) groups excluding carboxylic acids is 1. The minimum atomic E-state index is -0.366. The molecule has 0 spiro atoms. The SMILES string of the molecule is C[C@@H](NC(=O)c1ncoc1-c1ccc(F)cc1)c1cccnc1. The summed E-state index contributed by atoms with van der Waals surface area (Å²) >= 11 is 0. The minimum absolute atomic E-state index is 0.160. The molecule has 0 bridgehead atoms. The van der Waals surface area contributed by atoms with Crippen molar-refractivity contribution < 1.29 is 13.6 Å². The molecule has 1 atom stereocenters. The van der Waals surface area contributed by atoms with E-state index in [1.165, 1.54) is 30.7 Å². The quantitative estimate of drug-likeness (QED) is 0.802. The van der Waals surface area contributed by atoms with E-state index in [2.05, 4.69) is 15.3 Å². The summed E-state index contributed by atoms with van der Waals surface area (Å²) in [6.07, 6.45) is 4.55. The second-order valence-electron chi connectivity index (χ2n) is 5.02. The Hall–Kier alpha value is -3.02. The zero-order valence-electron chi connectivity index (χ0n) is 12.4. The predicted octanol–water partition coefficient (Wildman–Crippen LogP) is 3.37. The lowest BCUT2D eigenvalue weighted by Crippen LogP contribution is -2.27. The van der Waals surface area contributed by atoms with Gasteiger partial charge in [-0.25, -0.2) is 9.37 Å². The van der Waals surface area contributed by atoms with Crippen LogP contribution < -0.4 is 5.32 Å². The molecular formula is C17H14FN3O2. The zero-order valence-corrected chi connectivity index (χ0v) is 12.4. The number of carbonyl (C=O) groups is 1. The van der Waals surface area contributed by atoms with Crippen LogP contribution in [0.25, 0.3) is 11.3 Å². The monoisotopic (exact) mass is 311 g/mol. The van der Waals surface area contributed by atoms with E-state index in [4.69, 9.17) is 4.42 Å². The first-order valence-electron chi connectivity index (χ1n) is 7.05. The Morgan fingerprint density at radius 2 is 2.04 bits per heavy atom. The van der Waals surface area contributed by atoms with Crippen LogP contribution in [0.5, 0.6) is 0 Å². The molecule has 2 aromatic heterocycles. The van der Waals surface area contributed by atoms with Gasteiger partial charge in [-0.15, -0.1) is 0 Å². The fraction of sp³-hybridized carbons (Fsp3) is 0.118. The summed E-state index contributed by atoms with van der Waals surface area (Å²) in [4.78, 5) is 20.4. The highest BCUT2D eigenvalue weighted by atomic mass is 19.1. The molecule has 2 heterocycles. The Balaban J connectivity index is 1.81. The first-order chi connectivity index (χ1) is 11.1. The Morgan fingerprint density at radius 3 is 2.74 bits per heavy atom. The van der Waals surface area contributed by atoms with Gasteiger partial charge in [0.05, 0.1) is 6.04 Å². The van der Waals surface area contributed by atoms with Crippen LogP contribution in [-0.4, -0.2) is 15.9 Å². The minimum Gasteiger partial charge on any atom is -0.443 e. The Bertz CT molecular complexity index is 800. The molecule has 1 aromatic carbocycles. The molecule has 0 unspecified atom stereocenters. The van der Waals surface area contributed by atoms with Crippen LogP contribution in [-0.2, 0) is 0 Å². The first-order valence-corrected chi connectivity index (χ1v) is 7.05. The molecule has 5 nitrogen and oxygen atoms in total. The van der Waals surface area contributed by atoms with Crippen molar-refractivity contribution in [2.24, 2.45) is 0 Å². The highest BCUT2D eigenvalue weighted by Crippen LogP contribution is 2.24. The standard InChI is InChI=1S/C17H14FN3O2/c1-11(13-3-2-8-19-9-13)21-17(22)15-16(23-10-20-15)12-4-6-14(18)7-5-12/h2-11H,1H3,(H,21,22)/t11-/m1/s1. The van der Waals surface area contributed by atoms with Crippen molar-refractivity contribution in [2.45, 2.75) is 13.0 Å². The van der Waals surface area contributed by atoms with Crippen molar-refractivity contribution in [3.63, 3.8) is 0 Å². The molecule has 0 fully saturated rings. The molecule has 3 aromatic rings. The summed E-state index contributed by atoms with van der Waals surface area (Å²) < 4.78 is 18.3. The fourth-order valence-corrected chi connectivity index (χ4v) is 2.19. The number of nitrogens with zero attached hydrogens (tertiary/aromatic N) is 2. The molecule has 1 N–H and O–H groups in total. The molecule has 6 heteroatoms. The molecule has 1 amide bonds. The van der Waals surface area contributed by atoms with E-state index in [0.29, 0.717) is 11.3 Å². The van der Waals surface area contributed by atoms with Gasteiger partial charge in [-0.2, -0.15) is 0 Å². The average molecular weight is 311 g/mol. The maximum absolute atomic E-state index is 13.0. The van der Waals surface area contributed by atoms with Gasteiger partial charge in [-0.1, -0.05) is 6.07 Å². The van der Waals surface area contributed by atoms with Crippen LogP contribution in [0.1, 0.15) is 29.0 Å². The molecule has 0 aliphatic heterocycles. The van der Waals surface area contributed by atoms with Crippen molar-refractivity contribution in [1.82, 2.24) is 15.3 Å². The van der Waals surface area contributed by atoms with E-state index in [9.17, 15) is 9.18 Å². The maximum atomic E-state index is 13.0. The van der Waals surface area contributed by atoms with Crippen LogP contribution >= 0.6 is 0 Å². The average Bonchev–Trinajstić information content (AvgIpc) is 3.06. The van der Waals surface area contributed by atoms with Gasteiger partial charge in [0.15, 0.2) is 17.8 Å². The van der Waals surface area contributed by atoms with Crippen molar-refractivity contribution >= 4 is 5.91 Å². The third-order valence-electron chi connectivity index (χ3n) is 3.42. The number of halogens is 1. The number of aromatic nitrogens is 2. The lowest BCUT2D eigenvalue weighted by atomic mass is 10.1. The van der Waals surface area contributed by atoms with E-state index < -0.39 is 0 Å². The highest BCUT2D eigenvalue weighted by Gasteiger charge is 2.20. The van der Waals surface area contributed by atoms with Gasteiger partial charge in [0.25, 0.3) is 5.91 Å². The van der Waals surface area contributed by atoms with Crippen LogP contribution in [0.2, 0.25) is 0 Å². The third kappa shape index (κ3) is 3.26. The molecule has 116 valence electrons. The molecule has 0 saturated heterocycles. The van der Waals surface area contributed by atoms with Crippen LogP contribution in [0, 0.1) is 5.82 Å². The maximum Gasteiger partial charge on any atom is 0.274 e.